The predicted molar refractivity (Wildman–Crippen MR) is 75.2 cm³/mol. The van der Waals surface area contributed by atoms with Gasteiger partial charge in [-0.1, -0.05) is 26.8 Å². The van der Waals surface area contributed by atoms with Gasteiger partial charge in [0.2, 0.25) is 0 Å². The predicted octanol–water partition coefficient (Wildman–Crippen LogP) is 2.45. The zero-order valence-electron chi connectivity index (χ0n) is 11.8. The first-order valence-corrected chi connectivity index (χ1v) is 6.86. The molecule has 1 aliphatic heterocycles. The summed E-state index contributed by atoms with van der Waals surface area (Å²) in [4.78, 5) is 6.73. The first kappa shape index (κ1) is 13.5. The highest BCUT2D eigenvalue weighted by Crippen LogP contribution is 2.36. The minimum atomic E-state index is 0.325. The van der Waals surface area contributed by atoms with Crippen LogP contribution in [-0.2, 0) is 0 Å². The van der Waals surface area contributed by atoms with E-state index in [0.717, 1.165) is 19.0 Å². The molecule has 3 nitrogen and oxygen atoms in total. The van der Waals surface area contributed by atoms with E-state index in [2.05, 4.69) is 36.7 Å². The van der Waals surface area contributed by atoms with Gasteiger partial charge in [-0.2, -0.15) is 0 Å². The normalized spacial score (nSPS) is 23.2. The fourth-order valence-corrected chi connectivity index (χ4v) is 2.85. The van der Waals surface area contributed by atoms with E-state index >= 15 is 0 Å². The lowest BCUT2D eigenvalue weighted by Crippen LogP contribution is -2.33. The second-order valence-corrected chi connectivity index (χ2v) is 6.38. The molecule has 3 heteroatoms. The molecule has 2 rings (SSSR count). The van der Waals surface area contributed by atoms with Crippen molar-refractivity contribution in [3.63, 3.8) is 0 Å². The van der Waals surface area contributed by atoms with Crippen LogP contribution in [-0.4, -0.2) is 29.5 Å². The average molecular weight is 247 g/mol. The smallest absolute Gasteiger partial charge is 0.0485 e. The molecule has 1 saturated heterocycles. The number of aromatic nitrogens is 1. The summed E-state index contributed by atoms with van der Waals surface area (Å²) in [5.41, 5.74) is 7.61. The fraction of sp³-hybridized carbons (Fsp3) is 0.667. The van der Waals surface area contributed by atoms with E-state index in [1.165, 1.54) is 12.0 Å². The third-order valence-corrected chi connectivity index (χ3v) is 4.18. The zero-order chi connectivity index (χ0) is 13.2. The summed E-state index contributed by atoms with van der Waals surface area (Å²) in [6.07, 6.45) is 5.04. The highest BCUT2D eigenvalue weighted by Gasteiger charge is 2.34. The largest absolute Gasteiger partial charge is 0.329 e. The van der Waals surface area contributed by atoms with Crippen molar-refractivity contribution in [2.45, 2.75) is 33.2 Å². The highest BCUT2D eigenvalue weighted by atomic mass is 15.2. The quantitative estimate of drug-likeness (QED) is 0.892. The lowest BCUT2D eigenvalue weighted by Gasteiger charge is -2.30. The first-order chi connectivity index (χ1) is 8.52. The third kappa shape index (κ3) is 2.90. The molecular formula is C15H25N3. The molecule has 1 aromatic rings. The number of nitrogens with two attached hydrogens (primary N) is 1. The minimum Gasteiger partial charge on any atom is -0.329 e. The Labute approximate surface area is 110 Å². The second-order valence-electron chi connectivity index (χ2n) is 6.38. The van der Waals surface area contributed by atoms with Gasteiger partial charge in [0.1, 0.15) is 0 Å². The Kier molecular flexibility index (Phi) is 4.03. The van der Waals surface area contributed by atoms with Crippen LogP contribution in [0.2, 0.25) is 0 Å². The Morgan fingerprint density at radius 3 is 2.78 bits per heavy atom. The monoisotopic (exact) mass is 247 g/mol. The number of hydrogen-bond donors (Lipinski definition) is 1. The molecule has 1 aromatic heterocycles. The molecule has 0 aromatic carbocycles. The Morgan fingerprint density at radius 2 is 2.28 bits per heavy atom. The van der Waals surface area contributed by atoms with Crippen molar-refractivity contribution in [2.24, 2.45) is 17.1 Å². The van der Waals surface area contributed by atoms with Crippen LogP contribution in [0.1, 0.15) is 38.8 Å². The standard InChI is InChI=1S/C15H25N3/c1-15(2,3)13-6-8-18(11-13)14(9-16)12-5-4-7-17-10-12/h4-5,7,10,13-14H,6,8-9,11,16H2,1-3H3. The molecular weight excluding hydrogens is 222 g/mol. The van der Waals surface area contributed by atoms with Gasteiger partial charge >= 0.3 is 0 Å². The van der Waals surface area contributed by atoms with E-state index in [-0.39, 0.29) is 0 Å². The maximum Gasteiger partial charge on any atom is 0.0485 e. The summed E-state index contributed by atoms with van der Waals surface area (Å²) in [6, 6.07) is 4.45. The maximum absolute atomic E-state index is 5.97. The van der Waals surface area contributed by atoms with Crippen molar-refractivity contribution >= 4 is 0 Å². The molecule has 0 aliphatic carbocycles. The van der Waals surface area contributed by atoms with Crippen molar-refractivity contribution in [3.05, 3.63) is 30.1 Å². The molecule has 0 amide bonds. The molecule has 0 spiro atoms. The van der Waals surface area contributed by atoms with Gasteiger partial charge in [-0.05, 0) is 35.9 Å². The van der Waals surface area contributed by atoms with E-state index in [9.17, 15) is 0 Å². The molecule has 0 saturated carbocycles. The lowest BCUT2D eigenvalue weighted by molar-refractivity contribution is 0.197. The minimum absolute atomic E-state index is 0.325. The van der Waals surface area contributed by atoms with Gasteiger partial charge in [-0.3, -0.25) is 9.88 Å². The van der Waals surface area contributed by atoms with Crippen LogP contribution in [0.4, 0.5) is 0 Å². The van der Waals surface area contributed by atoms with Gasteiger partial charge in [-0.25, -0.2) is 0 Å². The molecule has 1 fully saturated rings. The molecule has 18 heavy (non-hydrogen) atoms. The number of likely N-dealkylation sites (tertiary alicyclic amines) is 1. The molecule has 2 unspecified atom stereocenters. The number of rotatable bonds is 3. The van der Waals surface area contributed by atoms with Crippen LogP contribution in [0, 0.1) is 11.3 Å². The second kappa shape index (κ2) is 5.37. The molecule has 0 bridgehead atoms. The van der Waals surface area contributed by atoms with Crippen LogP contribution in [0.25, 0.3) is 0 Å². The van der Waals surface area contributed by atoms with E-state index in [0.29, 0.717) is 18.0 Å². The van der Waals surface area contributed by atoms with E-state index in [1.807, 2.05) is 18.5 Å². The van der Waals surface area contributed by atoms with Crippen molar-refractivity contribution in [3.8, 4) is 0 Å². The Morgan fingerprint density at radius 1 is 1.50 bits per heavy atom. The fourth-order valence-electron chi connectivity index (χ4n) is 2.85. The van der Waals surface area contributed by atoms with Crippen LogP contribution in [0.3, 0.4) is 0 Å². The van der Waals surface area contributed by atoms with E-state index in [4.69, 9.17) is 5.73 Å². The van der Waals surface area contributed by atoms with Gasteiger partial charge in [0.05, 0.1) is 0 Å². The third-order valence-electron chi connectivity index (χ3n) is 4.18. The Balaban J connectivity index is 2.08. The summed E-state index contributed by atoms with van der Waals surface area (Å²) >= 11 is 0. The van der Waals surface area contributed by atoms with Crippen LogP contribution in [0.15, 0.2) is 24.5 Å². The van der Waals surface area contributed by atoms with Gasteiger partial charge in [0.15, 0.2) is 0 Å². The summed E-state index contributed by atoms with van der Waals surface area (Å²) in [5, 5.41) is 0. The summed E-state index contributed by atoms with van der Waals surface area (Å²) in [7, 11) is 0. The Bertz CT molecular complexity index is 369. The van der Waals surface area contributed by atoms with Gasteiger partial charge < -0.3 is 5.73 Å². The highest BCUT2D eigenvalue weighted by molar-refractivity contribution is 5.15. The van der Waals surface area contributed by atoms with Crippen LogP contribution < -0.4 is 5.73 Å². The van der Waals surface area contributed by atoms with Gasteiger partial charge in [0, 0.05) is 31.5 Å². The molecule has 100 valence electrons. The van der Waals surface area contributed by atoms with Crippen molar-refractivity contribution < 1.29 is 0 Å². The van der Waals surface area contributed by atoms with Crippen LogP contribution >= 0.6 is 0 Å². The topological polar surface area (TPSA) is 42.1 Å². The van der Waals surface area contributed by atoms with Crippen molar-refractivity contribution in [2.75, 3.05) is 19.6 Å². The van der Waals surface area contributed by atoms with Crippen molar-refractivity contribution in [1.82, 2.24) is 9.88 Å². The van der Waals surface area contributed by atoms with Crippen LogP contribution in [0.5, 0.6) is 0 Å². The summed E-state index contributed by atoms with van der Waals surface area (Å²) in [5.74, 6) is 0.767. The zero-order valence-corrected chi connectivity index (χ0v) is 11.8. The molecule has 0 radical (unpaired) electrons. The molecule has 2 atom stereocenters. The van der Waals surface area contributed by atoms with E-state index < -0.39 is 0 Å². The number of nitrogens with zero attached hydrogens (tertiary/aromatic N) is 2. The first-order valence-electron chi connectivity index (χ1n) is 6.86. The lowest BCUT2D eigenvalue weighted by atomic mass is 9.80. The summed E-state index contributed by atoms with van der Waals surface area (Å²) < 4.78 is 0. The maximum atomic E-state index is 5.97. The Hall–Kier alpha value is -0.930. The summed E-state index contributed by atoms with van der Waals surface area (Å²) in [6.45, 7) is 9.98. The van der Waals surface area contributed by atoms with Crippen molar-refractivity contribution in [1.29, 1.82) is 0 Å². The van der Waals surface area contributed by atoms with Gasteiger partial charge in [-0.15, -0.1) is 0 Å². The molecule has 1 aliphatic rings. The average Bonchev–Trinajstić information content (AvgIpc) is 2.81. The molecule has 2 heterocycles. The van der Waals surface area contributed by atoms with E-state index in [1.54, 1.807) is 0 Å². The number of hydrogen-bond acceptors (Lipinski definition) is 3. The molecule has 2 N–H and O–H groups in total. The number of pyridine rings is 1. The van der Waals surface area contributed by atoms with Gasteiger partial charge in [0.25, 0.3) is 0 Å². The SMILES string of the molecule is CC(C)(C)C1CCN(C(CN)c2cccnc2)C1.